The van der Waals surface area contributed by atoms with E-state index in [1.807, 2.05) is 0 Å². The van der Waals surface area contributed by atoms with Gasteiger partial charge in [0.05, 0.1) is 24.4 Å². The number of ether oxygens (including phenoxy) is 2. The number of fused-ring (bicyclic) bond motifs is 1. The first-order chi connectivity index (χ1) is 15.2. The van der Waals surface area contributed by atoms with Crippen LogP contribution in [-0.4, -0.2) is 34.3 Å². The van der Waals surface area contributed by atoms with Crippen LogP contribution in [-0.2, 0) is 11.0 Å². The van der Waals surface area contributed by atoms with Crippen LogP contribution in [0.15, 0.2) is 42.6 Å². The summed E-state index contributed by atoms with van der Waals surface area (Å²) in [6, 6.07) is 7.00. The summed E-state index contributed by atoms with van der Waals surface area (Å²) < 4.78 is 50.4. The topological polar surface area (TPSA) is 114 Å². The van der Waals surface area contributed by atoms with Crippen LogP contribution >= 0.6 is 0 Å². The highest BCUT2D eigenvalue weighted by Crippen LogP contribution is 2.41. The highest BCUT2D eigenvalue weighted by atomic mass is 19.4. The summed E-state index contributed by atoms with van der Waals surface area (Å²) in [7, 11) is 1.36. The Morgan fingerprint density at radius 2 is 1.97 bits per heavy atom. The van der Waals surface area contributed by atoms with Crippen LogP contribution in [0.3, 0.4) is 0 Å². The van der Waals surface area contributed by atoms with Crippen LogP contribution in [0, 0.1) is 0 Å². The number of carboxylic acids is 1. The fourth-order valence-electron chi connectivity index (χ4n) is 3.50. The number of aromatic carboxylic acids is 1. The number of rotatable bonds is 5. The van der Waals surface area contributed by atoms with Crippen LogP contribution in [0.2, 0.25) is 0 Å². The number of nitrogens with zero attached hydrogens (tertiary/aromatic N) is 1. The number of nitrogens with one attached hydrogen (secondary N) is 2. The molecule has 0 bridgehead atoms. The zero-order valence-corrected chi connectivity index (χ0v) is 16.5. The number of carbonyl (C=O) groups excluding carboxylic acids is 1. The summed E-state index contributed by atoms with van der Waals surface area (Å²) in [6.45, 7) is 0. The van der Waals surface area contributed by atoms with E-state index >= 15 is 0 Å². The van der Waals surface area contributed by atoms with Gasteiger partial charge in [0.15, 0.2) is 11.5 Å². The molecule has 0 radical (unpaired) electrons. The SMILES string of the molecule is COc1cc(C2CC(=O)Nc3[nH]ncc32)ccc1Oc1cc(C(=O)O)cc(C(F)(F)F)c1. The van der Waals surface area contributed by atoms with Gasteiger partial charge in [-0.05, 0) is 35.9 Å². The molecule has 0 saturated carbocycles. The molecule has 1 amide bonds. The molecule has 1 aliphatic rings. The molecule has 0 fully saturated rings. The summed E-state index contributed by atoms with van der Waals surface area (Å²) in [4.78, 5) is 23.3. The lowest BCUT2D eigenvalue weighted by Crippen LogP contribution is -2.22. The zero-order valence-electron chi connectivity index (χ0n) is 16.5. The molecule has 0 spiro atoms. The predicted molar refractivity (Wildman–Crippen MR) is 105 cm³/mol. The first-order valence-electron chi connectivity index (χ1n) is 9.30. The van der Waals surface area contributed by atoms with Gasteiger partial charge in [-0.15, -0.1) is 0 Å². The highest BCUT2D eigenvalue weighted by Gasteiger charge is 2.32. The number of anilines is 1. The van der Waals surface area contributed by atoms with Crippen molar-refractivity contribution in [3.63, 3.8) is 0 Å². The lowest BCUT2D eigenvalue weighted by molar-refractivity contribution is -0.137. The molecule has 1 unspecified atom stereocenters. The van der Waals surface area contributed by atoms with Gasteiger partial charge in [0.1, 0.15) is 11.6 Å². The number of alkyl halides is 3. The molecule has 4 rings (SSSR count). The first-order valence-corrected chi connectivity index (χ1v) is 9.30. The van der Waals surface area contributed by atoms with E-state index in [0.717, 1.165) is 11.6 Å². The van der Waals surface area contributed by atoms with Crippen LogP contribution < -0.4 is 14.8 Å². The molecule has 8 nitrogen and oxygen atoms in total. The molecule has 3 aromatic rings. The second-order valence-corrected chi connectivity index (χ2v) is 7.07. The van der Waals surface area contributed by atoms with Crippen molar-refractivity contribution in [1.82, 2.24) is 10.2 Å². The maximum absolute atomic E-state index is 13.2. The fraction of sp³-hybridized carbons (Fsp3) is 0.190. The minimum absolute atomic E-state index is 0.0830. The van der Waals surface area contributed by atoms with Crippen molar-refractivity contribution in [3.05, 3.63) is 64.8 Å². The fourth-order valence-corrected chi connectivity index (χ4v) is 3.50. The summed E-state index contributed by atoms with van der Waals surface area (Å²) in [5.74, 6) is -1.56. The van der Waals surface area contributed by atoms with Crippen molar-refractivity contribution in [3.8, 4) is 17.2 Å². The van der Waals surface area contributed by atoms with E-state index in [-0.39, 0.29) is 35.5 Å². The molecule has 166 valence electrons. The molecule has 1 aromatic heterocycles. The van der Waals surface area contributed by atoms with Gasteiger partial charge in [0.2, 0.25) is 5.91 Å². The largest absolute Gasteiger partial charge is 0.493 e. The Kier molecular flexibility index (Phi) is 5.25. The van der Waals surface area contributed by atoms with Gasteiger partial charge < -0.3 is 19.9 Å². The zero-order chi connectivity index (χ0) is 23.0. The standard InChI is InChI=1S/C21H16F3N3O5/c1-31-17-6-10(14-8-18(28)26-19-15(14)9-25-27-19)2-3-16(17)32-13-5-11(20(29)30)4-12(7-13)21(22,23)24/h2-7,9,14H,8H2,1H3,(H,29,30)(H2,25,26,27,28). The number of halogens is 3. The van der Waals surface area contributed by atoms with Crippen molar-refractivity contribution < 1.29 is 37.3 Å². The van der Waals surface area contributed by atoms with Crippen molar-refractivity contribution in [2.24, 2.45) is 0 Å². The van der Waals surface area contributed by atoms with E-state index in [2.05, 4.69) is 15.5 Å². The Morgan fingerprint density at radius 3 is 2.66 bits per heavy atom. The van der Waals surface area contributed by atoms with E-state index in [1.165, 1.54) is 13.2 Å². The highest BCUT2D eigenvalue weighted by molar-refractivity contribution is 5.94. The Morgan fingerprint density at radius 1 is 1.19 bits per heavy atom. The summed E-state index contributed by atoms with van der Waals surface area (Å²) in [6.07, 6.45) is -2.97. The van der Waals surface area contributed by atoms with E-state index in [4.69, 9.17) is 14.6 Å². The lowest BCUT2D eigenvalue weighted by Gasteiger charge is -2.23. The van der Waals surface area contributed by atoms with E-state index in [0.29, 0.717) is 23.5 Å². The van der Waals surface area contributed by atoms with Crippen molar-refractivity contribution in [2.75, 3.05) is 12.4 Å². The molecule has 0 saturated heterocycles. The van der Waals surface area contributed by atoms with Crippen LogP contribution in [0.1, 0.15) is 39.4 Å². The lowest BCUT2D eigenvalue weighted by atomic mass is 9.87. The molecule has 1 aliphatic heterocycles. The molecule has 2 heterocycles. The third-order valence-electron chi connectivity index (χ3n) is 5.00. The third kappa shape index (κ3) is 4.09. The van der Waals surface area contributed by atoms with Gasteiger partial charge in [0, 0.05) is 17.9 Å². The van der Waals surface area contributed by atoms with Crippen molar-refractivity contribution in [1.29, 1.82) is 0 Å². The first kappa shape index (κ1) is 21.2. The number of aromatic nitrogens is 2. The number of benzene rings is 2. The number of H-pyrrole nitrogens is 1. The van der Waals surface area contributed by atoms with E-state index in [9.17, 15) is 22.8 Å². The average Bonchev–Trinajstić information content (AvgIpc) is 3.21. The van der Waals surface area contributed by atoms with Gasteiger partial charge in [-0.3, -0.25) is 9.89 Å². The minimum Gasteiger partial charge on any atom is -0.493 e. The van der Waals surface area contributed by atoms with Gasteiger partial charge in [-0.25, -0.2) is 4.79 Å². The van der Waals surface area contributed by atoms with Crippen molar-refractivity contribution >= 4 is 17.7 Å². The second kappa shape index (κ2) is 7.91. The maximum atomic E-state index is 13.2. The Balaban J connectivity index is 1.69. The number of hydrogen-bond donors (Lipinski definition) is 3. The molecule has 11 heteroatoms. The molecule has 32 heavy (non-hydrogen) atoms. The second-order valence-electron chi connectivity index (χ2n) is 7.07. The van der Waals surface area contributed by atoms with Gasteiger partial charge in [0.25, 0.3) is 0 Å². The Bertz CT molecular complexity index is 1210. The number of methoxy groups -OCH3 is 1. The van der Waals surface area contributed by atoms with Gasteiger partial charge in [-0.1, -0.05) is 6.07 Å². The van der Waals surface area contributed by atoms with E-state index < -0.39 is 23.3 Å². The molecular weight excluding hydrogens is 431 g/mol. The molecule has 1 atom stereocenters. The Hall–Kier alpha value is -4.02. The number of amides is 1. The van der Waals surface area contributed by atoms with Crippen molar-refractivity contribution in [2.45, 2.75) is 18.5 Å². The predicted octanol–water partition coefficient (Wildman–Crippen LogP) is 4.40. The third-order valence-corrected chi connectivity index (χ3v) is 5.00. The van der Waals surface area contributed by atoms with E-state index in [1.54, 1.807) is 18.3 Å². The normalized spacial score (nSPS) is 15.6. The van der Waals surface area contributed by atoms with Crippen LogP contribution in [0.5, 0.6) is 17.2 Å². The summed E-state index contributed by atoms with van der Waals surface area (Å²) in [5.41, 5.74) is -0.221. The smallest absolute Gasteiger partial charge is 0.416 e. The molecule has 0 aliphatic carbocycles. The molecular formula is C21H16F3N3O5. The quantitative estimate of drug-likeness (QED) is 0.534. The summed E-state index contributed by atoms with van der Waals surface area (Å²) in [5, 5.41) is 18.5. The minimum atomic E-state index is -4.75. The van der Waals surface area contributed by atoms with Crippen LogP contribution in [0.4, 0.5) is 19.0 Å². The number of aromatic amines is 1. The molecule has 2 aromatic carbocycles. The number of carbonyl (C=O) groups is 2. The van der Waals surface area contributed by atoms with Gasteiger partial charge >= 0.3 is 12.1 Å². The van der Waals surface area contributed by atoms with Gasteiger partial charge in [-0.2, -0.15) is 18.3 Å². The number of hydrogen-bond acceptors (Lipinski definition) is 5. The number of carboxylic acid groups (broad SMARTS) is 1. The monoisotopic (exact) mass is 447 g/mol. The summed E-state index contributed by atoms with van der Waals surface area (Å²) >= 11 is 0. The van der Waals surface area contributed by atoms with Crippen LogP contribution in [0.25, 0.3) is 0 Å². The molecule has 3 N–H and O–H groups in total. The average molecular weight is 447 g/mol. The maximum Gasteiger partial charge on any atom is 0.416 e. The Labute approximate surface area is 179 Å².